The van der Waals surface area contributed by atoms with Crippen LogP contribution in [0.5, 0.6) is 0 Å². The van der Waals surface area contributed by atoms with Crippen LogP contribution in [0, 0.1) is 12.7 Å². The van der Waals surface area contributed by atoms with Crippen LogP contribution in [0.2, 0.25) is 0 Å². The van der Waals surface area contributed by atoms with Crippen LogP contribution >= 0.6 is 12.4 Å². The van der Waals surface area contributed by atoms with Crippen LogP contribution in [0.3, 0.4) is 0 Å². The molecule has 1 aromatic carbocycles. The number of aryl methyl sites for hydroxylation is 1. The number of carboxylic acids is 1. The molecule has 0 aliphatic heterocycles. The molecule has 1 amide bonds. The predicted octanol–water partition coefficient (Wildman–Crippen LogP) is 2.29. The van der Waals surface area contributed by atoms with Gasteiger partial charge in [0.2, 0.25) is 5.91 Å². The van der Waals surface area contributed by atoms with E-state index in [1.807, 2.05) is 0 Å². The van der Waals surface area contributed by atoms with Gasteiger partial charge in [-0.2, -0.15) is 0 Å². The lowest BCUT2D eigenvalue weighted by Crippen LogP contribution is -2.40. The molecule has 21 heavy (non-hydrogen) atoms. The summed E-state index contributed by atoms with van der Waals surface area (Å²) in [6.07, 6.45) is -0.0346. The number of halogens is 2. The first kappa shape index (κ1) is 19.3. The third-order valence-electron chi connectivity index (χ3n) is 3.18. The molecule has 1 unspecified atom stereocenters. The number of carboxylic acid groups (broad SMARTS) is 1. The van der Waals surface area contributed by atoms with Crippen LogP contribution < -0.4 is 5.32 Å². The molecule has 1 aromatic rings. The van der Waals surface area contributed by atoms with Crippen LogP contribution in [0.1, 0.15) is 18.9 Å². The van der Waals surface area contributed by atoms with Crippen molar-refractivity contribution < 1.29 is 19.1 Å². The van der Waals surface area contributed by atoms with Gasteiger partial charge in [-0.15, -0.1) is 12.4 Å². The number of nitrogens with one attached hydrogen (secondary N) is 1. The topological polar surface area (TPSA) is 69.6 Å². The molecule has 0 radical (unpaired) electrons. The third-order valence-corrected chi connectivity index (χ3v) is 3.18. The minimum Gasteiger partial charge on any atom is -0.481 e. The fourth-order valence-electron chi connectivity index (χ4n) is 1.63. The van der Waals surface area contributed by atoms with Gasteiger partial charge in [0.15, 0.2) is 0 Å². The van der Waals surface area contributed by atoms with Gasteiger partial charge in [-0.3, -0.25) is 14.5 Å². The lowest BCUT2D eigenvalue weighted by molar-refractivity contribution is -0.137. The van der Waals surface area contributed by atoms with Crippen LogP contribution in [0.4, 0.5) is 10.1 Å². The lowest BCUT2D eigenvalue weighted by Gasteiger charge is -2.23. The van der Waals surface area contributed by atoms with E-state index < -0.39 is 17.8 Å². The van der Waals surface area contributed by atoms with Gasteiger partial charge in [-0.1, -0.05) is 6.07 Å². The Morgan fingerprint density at radius 3 is 2.62 bits per heavy atom. The normalized spacial score (nSPS) is 11.7. The van der Waals surface area contributed by atoms with Gasteiger partial charge in [0.05, 0.1) is 12.5 Å². The van der Waals surface area contributed by atoms with E-state index in [1.54, 1.807) is 31.9 Å². The zero-order valence-electron chi connectivity index (χ0n) is 12.2. The predicted molar refractivity (Wildman–Crippen MR) is 81.4 cm³/mol. The number of hydrogen-bond donors (Lipinski definition) is 2. The molecule has 0 bridgehead atoms. The molecule has 1 atom stereocenters. The molecule has 0 aliphatic carbocycles. The Labute approximate surface area is 129 Å². The zero-order chi connectivity index (χ0) is 15.3. The molecule has 0 saturated heterocycles. The number of benzene rings is 1. The molecule has 0 aromatic heterocycles. The Balaban J connectivity index is 0.00000400. The number of hydrogen-bond acceptors (Lipinski definition) is 3. The smallest absolute Gasteiger partial charge is 0.304 e. The second-order valence-corrected chi connectivity index (χ2v) is 4.75. The maximum Gasteiger partial charge on any atom is 0.304 e. The molecule has 0 saturated carbocycles. The van der Waals surface area contributed by atoms with Crippen molar-refractivity contribution in [3.05, 3.63) is 29.6 Å². The van der Waals surface area contributed by atoms with E-state index in [2.05, 4.69) is 5.32 Å². The average molecular weight is 319 g/mol. The number of nitrogens with zero attached hydrogens (tertiary/aromatic N) is 1. The quantitative estimate of drug-likeness (QED) is 0.844. The van der Waals surface area contributed by atoms with Crippen molar-refractivity contribution in [2.45, 2.75) is 26.3 Å². The summed E-state index contributed by atoms with van der Waals surface area (Å²) in [5, 5.41) is 11.3. The van der Waals surface area contributed by atoms with Gasteiger partial charge < -0.3 is 10.4 Å². The standard InChI is InChI=1S/C14H19FN2O3.ClH/c1-9-4-5-11(15)8-12(9)16-14(20)10(2)17(3)7-6-13(18)19;/h4-5,8,10H,6-7H2,1-3H3,(H,16,20)(H,18,19);1H. The highest BCUT2D eigenvalue weighted by Crippen LogP contribution is 2.16. The molecule has 0 fully saturated rings. The van der Waals surface area contributed by atoms with Crippen LogP contribution in [0.15, 0.2) is 18.2 Å². The SMILES string of the molecule is Cc1ccc(F)cc1NC(=O)C(C)N(C)CCC(=O)O.Cl. The monoisotopic (exact) mass is 318 g/mol. The molecule has 2 N–H and O–H groups in total. The fourth-order valence-corrected chi connectivity index (χ4v) is 1.63. The first-order chi connectivity index (χ1) is 9.31. The van der Waals surface area contributed by atoms with Crippen LogP contribution in [-0.4, -0.2) is 41.5 Å². The summed E-state index contributed by atoms with van der Waals surface area (Å²) in [5.74, 6) is -1.63. The highest BCUT2D eigenvalue weighted by Gasteiger charge is 2.19. The first-order valence-corrected chi connectivity index (χ1v) is 6.30. The second kappa shape index (κ2) is 8.59. The summed E-state index contributed by atoms with van der Waals surface area (Å²) in [4.78, 5) is 24.2. The van der Waals surface area contributed by atoms with Crippen molar-refractivity contribution in [1.82, 2.24) is 4.90 Å². The summed E-state index contributed by atoms with van der Waals surface area (Å²) >= 11 is 0. The summed E-state index contributed by atoms with van der Waals surface area (Å²) < 4.78 is 13.1. The Kier molecular flexibility index (Phi) is 7.91. The highest BCUT2D eigenvalue weighted by molar-refractivity contribution is 5.95. The molecule has 1 rings (SSSR count). The van der Waals surface area contributed by atoms with Crippen LogP contribution in [-0.2, 0) is 9.59 Å². The molecule has 5 nitrogen and oxygen atoms in total. The van der Waals surface area contributed by atoms with Crippen molar-refractivity contribution >= 4 is 30.0 Å². The number of aliphatic carboxylic acids is 1. The van der Waals surface area contributed by atoms with Gasteiger partial charge >= 0.3 is 5.97 Å². The van der Waals surface area contributed by atoms with Gasteiger partial charge in [0.25, 0.3) is 0 Å². The van der Waals surface area contributed by atoms with Crippen molar-refractivity contribution in [1.29, 1.82) is 0 Å². The van der Waals surface area contributed by atoms with E-state index in [1.165, 1.54) is 12.1 Å². The minimum atomic E-state index is -0.912. The second-order valence-electron chi connectivity index (χ2n) is 4.75. The maximum absolute atomic E-state index is 13.1. The van der Waals surface area contributed by atoms with E-state index >= 15 is 0 Å². The van der Waals surface area contributed by atoms with E-state index in [9.17, 15) is 14.0 Å². The van der Waals surface area contributed by atoms with E-state index in [0.717, 1.165) is 5.56 Å². The molecule has 0 spiro atoms. The van der Waals surface area contributed by atoms with Gasteiger partial charge in [0.1, 0.15) is 5.82 Å². The summed E-state index contributed by atoms with van der Waals surface area (Å²) in [6, 6.07) is 3.67. The van der Waals surface area contributed by atoms with Gasteiger partial charge in [0, 0.05) is 12.2 Å². The maximum atomic E-state index is 13.1. The number of amides is 1. The molecular formula is C14H20ClFN2O3. The lowest BCUT2D eigenvalue weighted by atomic mass is 10.2. The van der Waals surface area contributed by atoms with Crippen molar-refractivity contribution in [3.8, 4) is 0 Å². The van der Waals surface area contributed by atoms with Crippen molar-refractivity contribution in [2.75, 3.05) is 18.9 Å². The Morgan fingerprint density at radius 1 is 1.43 bits per heavy atom. The Hall–Kier alpha value is -1.66. The largest absolute Gasteiger partial charge is 0.481 e. The molecule has 7 heteroatoms. The summed E-state index contributed by atoms with van der Waals surface area (Å²) in [5.41, 5.74) is 1.19. The van der Waals surface area contributed by atoms with Crippen molar-refractivity contribution in [3.63, 3.8) is 0 Å². The third kappa shape index (κ3) is 6.10. The molecule has 118 valence electrons. The first-order valence-electron chi connectivity index (χ1n) is 6.30. The zero-order valence-corrected chi connectivity index (χ0v) is 13.0. The number of carbonyl (C=O) groups is 2. The summed E-state index contributed by atoms with van der Waals surface area (Å²) in [7, 11) is 1.67. The van der Waals surface area contributed by atoms with E-state index in [4.69, 9.17) is 5.11 Å². The Bertz CT molecular complexity index is 511. The fraction of sp³-hybridized carbons (Fsp3) is 0.429. The average Bonchev–Trinajstić information content (AvgIpc) is 2.39. The molecular weight excluding hydrogens is 299 g/mol. The number of carbonyl (C=O) groups excluding carboxylic acids is 1. The van der Waals surface area contributed by atoms with Gasteiger partial charge in [-0.25, -0.2) is 4.39 Å². The molecule has 0 heterocycles. The highest BCUT2D eigenvalue weighted by atomic mass is 35.5. The summed E-state index contributed by atoms with van der Waals surface area (Å²) in [6.45, 7) is 3.71. The Morgan fingerprint density at radius 2 is 2.05 bits per heavy atom. The number of likely N-dealkylation sites (N-methyl/N-ethyl adjacent to an activating group) is 1. The molecule has 0 aliphatic rings. The van der Waals surface area contributed by atoms with Crippen LogP contribution in [0.25, 0.3) is 0 Å². The number of rotatable bonds is 6. The minimum absolute atomic E-state index is 0. The van der Waals surface area contributed by atoms with Gasteiger partial charge in [-0.05, 0) is 38.6 Å². The number of anilines is 1. The van der Waals surface area contributed by atoms with E-state index in [-0.39, 0.29) is 31.3 Å². The van der Waals surface area contributed by atoms with E-state index in [0.29, 0.717) is 5.69 Å². The van der Waals surface area contributed by atoms with Crippen molar-refractivity contribution in [2.24, 2.45) is 0 Å².